The highest BCUT2D eigenvalue weighted by molar-refractivity contribution is 9.10. The first-order valence-electron chi connectivity index (χ1n) is 4.86. The molecule has 4 nitrogen and oxygen atoms in total. The Kier molecular flexibility index (Phi) is 3.02. The van der Waals surface area contributed by atoms with Crippen LogP contribution in [0.2, 0.25) is 0 Å². The average Bonchev–Trinajstić information content (AvgIpc) is 2.51. The van der Waals surface area contributed by atoms with Gasteiger partial charge in [0.15, 0.2) is 0 Å². The molecule has 80 valence electrons. The largest absolute Gasteiger partial charge is 0.319 e. The topological polar surface area (TPSA) is 42.2 Å². The van der Waals surface area contributed by atoms with Gasteiger partial charge in [0.1, 0.15) is 0 Å². The van der Waals surface area contributed by atoms with Crippen molar-refractivity contribution in [3.05, 3.63) is 28.3 Å². The van der Waals surface area contributed by atoms with Gasteiger partial charge in [0.25, 0.3) is 0 Å². The Labute approximate surface area is 96.9 Å². The fourth-order valence-corrected chi connectivity index (χ4v) is 1.92. The van der Waals surface area contributed by atoms with Gasteiger partial charge in [-0.15, -0.1) is 0 Å². The second-order valence-electron chi connectivity index (χ2n) is 3.44. The summed E-state index contributed by atoms with van der Waals surface area (Å²) in [5, 5.41) is 3.14. The predicted molar refractivity (Wildman–Crippen MR) is 63.1 cm³/mol. The summed E-state index contributed by atoms with van der Waals surface area (Å²) in [6.07, 6.45) is 4.73. The molecule has 0 spiro atoms. The summed E-state index contributed by atoms with van der Waals surface area (Å²) in [6.45, 7) is 2.97. The standard InChI is InChI=1S/C10H13BrN4/c1-7-9(3-4-12-2)15-6-8(11)5-13-10(15)14-7/h5-6,12H,3-4H2,1-2H3. The normalized spacial score (nSPS) is 11.1. The van der Waals surface area contributed by atoms with Gasteiger partial charge in [-0.05, 0) is 29.9 Å². The van der Waals surface area contributed by atoms with Gasteiger partial charge in [0.2, 0.25) is 5.78 Å². The Bertz CT molecular complexity index is 477. The van der Waals surface area contributed by atoms with Crippen molar-refractivity contribution in [3.63, 3.8) is 0 Å². The number of likely N-dealkylation sites (N-methyl/N-ethyl adjacent to an activating group) is 1. The zero-order valence-corrected chi connectivity index (χ0v) is 10.4. The van der Waals surface area contributed by atoms with Crippen LogP contribution in [0.5, 0.6) is 0 Å². The van der Waals surface area contributed by atoms with Gasteiger partial charge < -0.3 is 5.32 Å². The summed E-state index contributed by atoms with van der Waals surface area (Å²) in [7, 11) is 1.95. The molecular formula is C10H13BrN4. The van der Waals surface area contributed by atoms with Gasteiger partial charge >= 0.3 is 0 Å². The minimum absolute atomic E-state index is 0.766. The number of aromatic nitrogens is 3. The van der Waals surface area contributed by atoms with Crippen LogP contribution in [-0.2, 0) is 6.42 Å². The average molecular weight is 269 g/mol. The molecule has 0 radical (unpaired) electrons. The van der Waals surface area contributed by atoms with Crippen molar-refractivity contribution in [2.75, 3.05) is 13.6 Å². The highest BCUT2D eigenvalue weighted by Gasteiger charge is 2.08. The molecule has 0 aromatic carbocycles. The minimum Gasteiger partial charge on any atom is -0.319 e. The molecule has 0 aliphatic heterocycles. The van der Waals surface area contributed by atoms with Crippen molar-refractivity contribution in [2.45, 2.75) is 13.3 Å². The predicted octanol–water partition coefficient (Wildman–Crippen LogP) is 1.56. The maximum atomic E-state index is 4.41. The molecule has 2 heterocycles. The summed E-state index contributed by atoms with van der Waals surface area (Å²) in [5.74, 6) is 0.766. The van der Waals surface area contributed by atoms with E-state index in [1.165, 1.54) is 5.69 Å². The Morgan fingerprint density at radius 1 is 1.53 bits per heavy atom. The van der Waals surface area contributed by atoms with E-state index in [0.29, 0.717) is 0 Å². The maximum Gasteiger partial charge on any atom is 0.234 e. The van der Waals surface area contributed by atoms with Crippen molar-refractivity contribution in [1.82, 2.24) is 19.7 Å². The van der Waals surface area contributed by atoms with Gasteiger partial charge in [0, 0.05) is 31.1 Å². The van der Waals surface area contributed by atoms with Crippen LogP contribution < -0.4 is 5.32 Å². The van der Waals surface area contributed by atoms with E-state index < -0.39 is 0 Å². The molecule has 1 N–H and O–H groups in total. The molecular weight excluding hydrogens is 256 g/mol. The summed E-state index contributed by atoms with van der Waals surface area (Å²) in [5.41, 5.74) is 2.27. The summed E-state index contributed by atoms with van der Waals surface area (Å²) in [6, 6.07) is 0. The molecule has 0 bridgehead atoms. The summed E-state index contributed by atoms with van der Waals surface area (Å²) >= 11 is 3.42. The van der Waals surface area contributed by atoms with E-state index in [1.54, 1.807) is 6.20 Å². The van der Waals surface area contributed by atoms with Crippen molar-refractivity contribution in [1.29, 1.82) is 0 Å². The van der Waals surface area contributed by atoms with Crippen LogP contribution >= 0.6 is 15.9 Å². The molecule has 0 saturated heterocycles. The van der Waals surface area contributed by atoms with Gasteiger partial charge in [0.05, 0.1) is 10.2 Å². The van der Waals surface area contributed by atoms with Crippen molar-refractivity contribution in [3.8, 4) is 0 Å². The number of hydrogen-bond acceptors (Lipinski definition) is 3. The molecule has 0 aliphatic carbocycles. The molecule has 0 fully saturated rings. The van der Waals surface area contributed by atoms with Crippen molar-refractivity contribution < 1.29 is 0 Å². The Balaban J connectivity index is 2.50. The highest BCUT2D eigenvalue weighted by Crippen LogP contribution is 2.14. The van der Waals surface area contributed by atoms with Crippen LogP contribution in [0.25, 0.3) is 5.78 Å². The monoisotopic (exact) mass is 268 g/mol. The number of hydrogen-bond donors (Lipinski definition) is 1. The molecule has 2 aromatic rings. The first-order chi connectivity index (χ1) is 7.22. The number of halogens is 1. The van der Waals surface area contributed by atoms with E-state index in [1.807, 2.05) is 24.6 Å². The number of nitrogens with one attached hydrogen (secondary N) is 1. The van der Waals surface area contributed by atoms with E-state index in [-0.39, 0.29) is 0 Å². The molecule has 2 rings (SSSR count). The second-order valence-corrected chi connectivity index (χ2v) is 4.36. The Morgan fingerprint density at radius 2 is 2.33 bits per heavy atom. The fraction of sp³-hybridized carbons (Fsp3) is 0.400. The van der Waals surface area contributed by atoms with Crippen molar-refractivity contribution in [2.24, 2.45) is 0 Å². The van der Waals surface area contributed by atoms with E-state index in [9.17, 15) is 0 Å². The van der Waals surface area contributed by atoms with Crippen LogP contribution in [0, 0.1) is 6.92 Å². The second kappa shape index (κ2) is 4.28. The smallest absolute Gasteiger partial charge is 0.234 e. The van der Waals surface area contributed by atoms with E-state index in [4.69, 9.17) is 0 Å². The summed E-state index contributed by atoms with van der Waals surface area (Å²) in [4.78, 5) is 8.67. The van der Waals surface area contributed by atoms with Gasteiger partial charge in [-0.1, -0.05) is 0 Å². The van der Waals surface area contributed by atoms with Gasteiger partial charge in [-0.25, -0.2) is 9.97 Å². The van der Waals surface area contributed by atoms with Crippen molar-refractivity contribution >= 4 is 21.7 Å². The Morgan fingerprint density at radius 3 is 3.07 bits per heavy atom. The minimum atomic E-state index is 0.766. The molecule has 2 aromatic heterocycles. The van der Waals surface area contributed by atoms with Crippen LogP contribution in [0.1, 0.15) is 11.4 Å². The lowest BCUT2D eigenvalue weighted by atomic mass is 10.2. The maximum absolute atomic E-state index is 4.41. The molecule has 0 amide bonds. The first kappa shape index (κ1) is 10.6. The highest BCUT2D eigenvalue weighted by atomic mass is 79.9. The van der Waals surface area contributed by atoms with E-state index >= 15 is 0 Å². The molecule has 0 unspecified atom stereocenters. The fourth-order valence-electron chi connectivity index (χ4n) is 1.61. The third-order valence-corrected chi connectivity index (χ3v) is 2.77. The lowest BCUT2D eigenvalue weighted by molar-refractivity contribution is 0.765. The third kappa shape index (κ3) is 2.03. The molecule has 0 atom stereocenters. The number of imidazole rings is 1. The number of rotatable bonds is 3. The number of fused-ring (bicyclic) bond motifs is 1. The number of nitrogens with zero attached hydrogens (tertiary/aromatic N) is 3. The lowest BCUT2D eigenvalue weighted by Gasteiger charge is -2.02. The number of aryl methyl sites for hydroxylation is 1. The van der Waals surface area contributed by atoms with Crippen LogP contribution in [0.15, 0.2) is 16.9 Å². The molecule has 0 aliphatic rings. The molecule has 0 saturated carbocycles. The lowest BCUT2D eigenvalue weighted by Crippen LogP contribution is -2.12. The zero-order chi connectivity index (χ0) is 10.8. The van der Waals surface area contributed by atoms with E-state index in [0.717, 1.165) is 28.9 Å². The summed E-state index contributed by atoms with van der Waals surface area (Å²) < 4.78 is 3.01. The molecule has 5 heteroatoms. The van der Waals surface area contributed by atoms with Gasteiger partial charge in [-0.3, -0.25) is 4.40 Å². The Hall–Kier alpha value is -0.940. The van der Waals surface area contributed by atoms with E-state index in [2.05, 4.69) is 31.2 Å². The first-order valence-corrected chi connectivity index (χ1v) is 5.65. The quantitative estimate of drug-likeness (QED) is 0.919. The zero-order valence-electron chi connectivity index (χ0n) is 8.79. The SMILES string of the molecule is CNCCc1c(C)nc2ncc(Br)cn12. The third-order valence-electron chi connectivity index (χ3n) is 2.36. The van der Waals surface area contributed by atoms with Crippen LogP contribution in [-0.4, -0.2) is 28.0 Å². The van der Waals surface area contributed by atoms with Crippen LogP contribution in [0.3, 0.4) is 0 Å². The van der Waals surface area contributed by atoms with Crippen LogP contribution in [0.4, 0.5) is 0 Å². The molecule has 15 heavy (non-hydrogen) atoms. The van der Waals surface area contributed by atoms with Gasteiger partial charge in [-0.2, -0.15) is 0 Å².